The summed E-state index contributed by atoms with van der Waals surface area (Å²) < 4.78 is 37.6. The van der Waals surface area contributed by atoms with Gasteiger partial charge in [0, 0.05) is 12.5 Å². The van der Waals surface area contributed by atoms with Gasteiger partial charge in [0.25, 0.3) is 10.0 Å². The van der Waals surface area contributed by atoms with E-state index in [1.54, 1.807) is 13.8 Å². The van der Waals surface area contributed by atoms with E-state index in [9.17, 15) is 13.2 Å². The minimum atomic E-state index is -3.92. The van der Waals surface area contributed by atoms with Gasteiger partial charge in [-0.15, -0.1) is 0 Å². The van der Waals surface area contributed by atoms with Gasteiger partial charge in [-0.25, -0.2) is 13.1 Å². The topological polar surface area (TPSA) is 85.6 Å². The van der Waals surface area contributed by atoms with Crippen molar-refractivity contribution in [2.75, 3.05) is 6.61 Å². The zero-order valence-electron chi connectivity index (χ0n) is 13.5. The maximum atomic E-state index is 12.3. The monoisotopic (exact) mass is 349 g/mol. The van der Waals surface area contributed by atoms with Crippen molar-refractivity contribution >= 4 is 15.9 Å². The molecule has 1 N–H and O–H groups in total. The van der Waals surface area contributed by atoms with E-state index >= 15 is 0 Å². The Morgan fingerprint density at radius 2 is 2.04 bits per heavy atom. The lowest BCUT2D eigenvalue weighted by Gasteiger charge is -2.25. The number of ether oxygens (including phenoxy) is 1. The molecule has 0 aliphatic carbocycles. The lowest BCUT2D eigenvalue weighted by molar-refractivity contribution is -0.119. The molecule has 0 fully saturated rings. The Morgan fingerprint density at radius 3 is 2.75 bits per heavy atom. The first kappa shape index (κ1) is 16.6. The highest BCUT2D eigenvalue weighted by Gasteiger charge is 2.27. The predicted molar refractivity (Wildman–Crippen MR) is 87.4 cm³/mol. The molecule has 1 aromatic carbocycles. The highest BCUT2D eigenvalue weighted by atomic mass is 32.2. The lowest BCUT2D eigenvalue weighted by Crippen LogP contribution is -2.32. The molecule has 6 nitrogen and oxygen atoms in total. The number of benzene rings is 1. The quantitative estimate of drug-likeness (QED) is 0.917. The molecule has 1 atom stereocenters. The smallest absolute Gasteiger partial charge is 0.267 e. The van der Waals surface area contributed by atoms with Crippen molar-refractivity contribution < 1.29 is 22.4 Å². The van der Waals surface area contributed by atoms with Crippen LogP contribution in [0.15, 0.2) is 39.6 Å². The number of carbonyl (C=O) groups excluding carboxylic acids is 1. The van der Waals surface area contributed by atoms with Crippen molar-refractivity contribution in [3.8, 4) is 5.75 Å². The van der Waals surface area contributed by atoms with Gasteiger partial charge in [0.2, 0.25) is 5.91 Å². The van der Waals surface area contributed by atoms with E-state index in [1.807, 2.05) is 24.3 Å². The number of nitrogens with one attached hydrogen (secondary N) is 1. The zero-order chi connectivity index (χ0) is 17.3. The number of hydrogen-bond acceptors (Lipinski definition) is 5. The molecule has 0 spiro atoms. The number of para-hydroxylation sites is 1. The Labute approximate surface area is 140 Å². The summed E-state index contributed by atoms with van der Waals surface area (Å²) in [7, 11) is -3.92. The minimum absolute atomic E-state index is 0.000674. The Morgan fingerprint density at radius 1 is 1.29 bits per heavy atom. The first-order chi connectivity index (χ1) is 11.4. The van der Waals surface area contributed by atoms with Crippen LogP contribution in [-0.4, -0.2) is 20.9 Å². The third-order valence-corrected chi connectivity index (χ3v) is 5.53. The van der Waals surface area contributed by atoms with Crippen LogP contribution in [0.5, 0.6) is 5.75 Å². The molecule has 1 aliphatic rings. The molecule has 1 aliphatic heterocycles. The molecule has 24 heavy (non-hydrogen) atoms. The van der Waals surface area contributed by atoms with E-state index in [1.165, 1.54) is 6.07 Å². The highest BCUT2D eigenvalue weighted by molar-refractivity contribution is 7.90. The molecular formula is C17H19NO5S. The number of rotatable bonds is 4. The van der Waals surface area contributed by atoms with Crippen molar-refractivity contribution in [1.29, 1.82) is 0 Å². The maximum Gasteiger partial charge on any atom is 0.267 e. The van der Waals surface area contributed by atoms with Crippen LogP contribution in [0, 0.1) is 13.8 Å². The summed E-state index contributed by atoms with van der Waals surface area (Å²) in [4.78, 5) is 12.3. The summed E-state index contributed by atoms with van der Waals surface area (Å²) in [6.45, 7) is 3.73. The van der Waals surface area contributed by atoms with Gasteiger partial charge in [-0.2, -0.15) is 0 Å². The third-order valence-electron chi connectivity index (χ3n) is 4.05. The van der Waals surface area contributed by atoms with Crippen LogP contribution in [-0.2, 0) is 14.8 Å². The molecule has 1 amide bonds. The molecule has 0 saturated heterocycles. The Hall–Kier alpha value is -2.28. The van der Waals surface area contributed by atoms with Gasteiger partial charge in [0.05, 0.1) is 6.61 Å². The van der Waals surface area contributed by atoms with Gasteiger partial charge < -0.3 is 9.15 Å². The van der Waals surface area contributed by atoms with Crippen molar-refractivity contribution in [2.45, 2.75) is 37.5 Å². The highest BCUT2D eigenvalue weighted by Crippen LogP contribution is 2.35. The number of fused-ring (bicyclic) bond motifs is 1. The van der Waals surface area contributed by atoms with E-state index in [0.29, 0.717) is 18.8 Å². The van der Waals surface area contributed by atoms with Gasteiger partial charge in [0.1, 0.15) is 22.2 Å². The summed E-state index contributed by atoms with van der Waals surface area (Å²) in [6.07, 6.45) is 0.768. The summed E-state index contributed by atoms with van der Waals surface area (Å²) in [5.41, 5.74) is 0.937. The molecule has 0 radical (unpaired) electrons. The minimum Gasteiger partial charge on any atom is -0.493 e. The molecule has 0 unspecified atom stereocenters. The first-order valence-corrected chi connectivity index (χ1v) is 9.19. The van der Waals surface area contributed by atoms with Crippen LogP contribution in [0.25, 0.3) is 0 Å². The Bertz CT molecular complexity index is 869. The second kappa shape index (κ2) is 6.32. The van der Waals surface area contributed by atoms with Gasteiger partial charge in [-0.3, -0.25) is 4.79 Å². The van der Waals surface area contributed by atoms with Crippen LogP contribution in [0.4, 0.5) is 0 Å². The summed E-state index contributed by atoms with van der Waals surface area (Å²) in [5, 5.41) is 0. The molecule has 128 valence electrons. The first-order valence-electron chi connectivity index (χ1n) is 7.71. The SMILES string of the molecule is Cc1cc(S(=O)(=O)NC(=O)C[C@@H]2CCOc3ccccc32)c(C)o1. The van der Waals surface area contributed by atoms with Crippen molar-refractivity contribution in [3.05, 3.63) is 47.4 Å². The summed E-state index contributed by atoms with van der Waals surface area (Å²) in [6, 6.07) is 8.93. The van der Waals surface area contributed by atoms with Gasteiger partial charge in [-0.05, 0) is 37.8 Å². The van der Waals surface area contributed by atoms with E-state index in [-0.39, 0.29) is 23.0 Å². The molecule has 1 aromatic heterocycles. The van der Waals surface area contributed by atoms with E-state index < -0.39 is 15.9 Å². The van der Waals surface area contributed by atoms with Crippen molar-refractivity contribution in [2.24, 2.45) is 0 Å². The van der Waals surface area contributed by atoms with E-state index in [4.69, 9.17) is 9.15 Å². The number of aryl methyl sites for hydroxylation is 2. The number of hydrogen-bond donors (Lipinski definition) is 1. The second-order valence-electron chi connectivity index (χ2n) is 5.88. The summed E-state index contributed by atoms with van der Waals surface area (Å²) >= 11 is 0. The Balaban J connectivity index is 1.74. The van der Waals surface area contributed by atoms with Crippen molar-refractivity contribution in [1.82, 2.24) is 4.72 Å². The fourth-order valence-corrected chi connectivity index (χ4v) is 4.21. The summed E-state index contributed by atoms with van der Waals surface area (Å²) in [5.74, 6) is 0.917. The standard InChI is InChI=1S/C17H19NO5S/c1-11-9-16(12(2)23-11)24(20,21)18-17(19)10-13-7-8-22-15-6-4-3-5-14(13)15/h3-6,9,13H,7-8,10H2,1-2H3,(H,18,19)/t13-/m0/s1. The van der Waals surface area contributed by atoms with Crippen LogP contribution >= 0.6 is 0 Å². The normalized spacial score (nSPS) is 17.0. The molecule has 3 rings (SSSR count). The van der Waals surface area contributed by atoms with E-state index in [2.05, 4.69) is 4.72 Å². The largest absolute Gasteiger partial charge is 0.493 e. The van der Waals surface area contributed by atoms with Gasteiger partial charge in [0.15, 0.2) is 0 Å². The molecular weight excluding hydrogens is 330 g/mol. The number of sulfonamides is 1. The van der Waals surface area contributed by atoms with Crippen LogP contribution < -0.4 is 9.46 Å². The third kappa shape index (κ3) is 3.31. The molecule has 0 bridgehead atoms. The van der Waals surface area contributed by atoms with Crippen LogP contribution in [0.3, 0.4) is 0 Å². The Kier molecular flexibility index (Phi) is 4.36. The zero-order valence-corrected chi connectivity index (χ0v) is 14.4. The number of carbonyl (C=O) groups is 1. The molecule has 0 saturated carbocycles. The number of furan rings is 1. The van der Waals surface area contributed by atoms with Crippen LogP contribution in [0.2, 0.25) is 0 Å². The van der Waals surface area contributed by atoms with E-state index in [0.717, 1.165) is 11.3 Å². The molecule has 2 aromatic rings. The lowest BCUT2D eigenvalue weighted by atomic mass is 9.90. The van der Waals surface area contributed by atoms with Crippen molar-refractivity contribution in [3.63, 3.8) is 0 Å². The average Bonchev–Trinajstić information content (AvgIpc) is 2.86. The fraction of sp³-hybridized carbons (Fsp3) is 0.353. The second-order valence-corrected chi connectivity index (χ2v) is 7.53. The van der Waals surface area contributed by atoms with Crippen LogP contribution in [0.1, 0.15) is 35.8 Å². The fourth-order valence-electron chi connectivity index (χ4n) is 2.97. The predicted octanol–water partition coefficient (Wildman–Crippen LogP) is 2.66. The van der Waals surface area contributed by atoms with Gasteiger partial charge in [-0.1, -0.05) is 18.2 Å². The molecule has 2 heterocycles. The average molecular weight is 349 g/mol. The maximum absolute atomic E-state index is 12.3. The van der Waals surface area contributed by atoms with Gasteiger partial charge >= 0.3 is 0 Å². The number of amides is 1. The molecule has 7 heteroatoms.